The van der Waals surface area contributed by atoms with Crippen LogP contribution in [0.5, 0.6) is 5.75 Å². The Bertz CT molecular complexity index is 2080. The van der Waals surface area contributed by atoms with Crippen molar-refractivity contribution < 1.29 is 32.3 Å². The normalized spacial score (nSPS) is 22.4. The van der Waals surface area contributed by atoms with Crippen LogP contribution >= 0.6 is 0 Å². The number of carbonyl (C=O) groups excluding carboxylic acids is 3. The van der Waals surface area contributed by atoms with Crippen LogP contribution < -0.4 is 35.4 Å². The van der Waals surface area contributed by atoms with E-state index in [4.69, 9.17) is 4.74 Å². The van der Waals surface area contributed by atoms with Crippen LogP contribution in [0.15, 0.2) is 42.6 Å². The number of ether oxygens (including phenoxy) is 1. The lowest BCUT2D eigenvalue weighted by Crippen LogP contribution is -2.57. The largest absolute Gasteiger partial charge is 0.495 e. The number of nitrogens with one attached hydrogen (secondary N) is 3. The minimum Gasteiger partial charge on any atom is -0.495 e. The number of likely N-dealkylation sites (tertiary alicyclic amines) is 1. The number of carbonyl (C=O) groups is 3. The zero-order chi connectivity index (χ0) is 41.6. The maximum absolute atomic E-state index is 15.3. The Kier molecular flexibility index (Phi) is 11.1. The first-order chi connectivity index (χ1) is 28.2. The van der Waals surface area contributed by atoms with Crippen molar-refractivity contribution in [2.24, 2.45) is 5.41 Å². The van der Waals surface area contributed by atoms with Gasteiger partial charge in [-0.1, -0.05) is 6.07 Å². The number of alkyl halides is 2. The number of hydrogen-bond acceptors (Lipinski definition) is 11. The third kappa shape index (κ3) is 8.50. The molecule has 316 valence electrons. The van der Waals surface area contributed by atoms with Crippen LogP contribution in [0.2, 0.25) is 0 Å². The van der Waals surface area contributed by atoms with Gasteiger partial charge in [-0.05, 0) is 100 Å². The Morgan fingerprint density at radius 1 is 0.983 bits per heavy atom. The molecule has 3 amide bonds. The van der Waals surface area contributed by atoms with E-state index in [0.29, 0.717) is 52.2 Å². The minimum atomic E-state index is -2.92. The van der Waals surface area contributed by atoms with Crippen molar-refractivity contribution in [2.45, 2.75) is 95.2 Å². The number of imide groups is 1. The minimum absolute atomic E-state index is 0.0542. The fraction of sp³-hybridized carbons (Fsp3) is 0.558. The summed E-state index contributed by atoms with van der Waals surface area (Å²) in [6.45, 7) is 6.23. The molecule has 1 aromatic heterocycles. The van der Waals surface area contributed by atoms with Gasteiger partial charge in [-0.2, -0.15) is 4.98 Å². The number of nitrogens with zero attached hydrogens (tertiary/aromatic N) is 6. The van der Waals surface area contributed by atoms with E-state index in [1.54, 1.807) is 42.4 Å². The van der Waals surface area contributed by atoms with Gasteiger partial charge >= 0.3 is 0 Å². The molecule has 5 heterocycles. The maximum Gasteiger partial charge on any atom is 0.282 e. The molecule has 1 saturated carbocycles. The van der Waals surface area contributed by atoms with E-state index in [9.17, 15) is 23.2 Å². The predicted octanol–water partition coefficient (Wildman–Crippen LogP) is 5.83. The van der Waals surface area contributed by atoms with Gasteiger partial charge in [-0.3, -0.25) is 19.7 Å². The van der Waals surface area contributed by atoms with Crippen molar-refractivity contribution >= 4 is 46.5 Å². The second-order valence-electron chi connectivity index (χ2n) is 17.4. The molecule has 3 N–H and O–H groups in total. The highest BCUT2D eigenvalue weighted by atomic mass is 19.3. The molecule has 3 aromatic rings. The van der Waals surface area contributed by atoms with Crippen molar-refractivity contribution in [1.29, 1.82) is 0 Å². The second kappa shape index (κ2) is 16.1. The van der Waals surface area contributed by atoms with E-state index in [-0.39, 0.29) is 53.4 Å². The molecule has 1 unspecified atom stereocenters. The second-order valence-corrected chi connectivity index (χ2v) is 17.4. The van der Waals surface area contributed by atoms with Gasteiger partial charge in [0, 0.05) is 63.3 Å². The standard InChI is InChI=1S/C43H54F3N9O4/c1-26(2)55-25-43(45,46)24-52(3)35-23-47-41(51-38(35)55)49-33-8-5-28(20-36(33)59-4)39(57)48-29-11-15-53(16-12-29)30-21-42(22-30)13-17-54(18-14-42)34-9-6-27(19-32(34)44)31-7-10-37(56)50-40(31)58/h5-6,8-9,19-20,23,26,29-31H,7,10-18,21-22,24-25H2,1-4H3,(H,48,57)(H,47,49,51)(H,50,56,58). The number of amides is 3. The molecular formula is C43H54F3N9O4. The first-order valence-electron chi connectivity index (χ1n) is 20.8. The fourth-order valence-electron chi connectivity index (χ4n) is 9.71. The van der Waals surface area contributed by atoms with E-state index in [2.05, 4.69) is 35.7 Å². The average molecular weight is 818 g/mol. The number of hydrogen-bond donors (Lipinski definition) is 3. The van der Waals surface area contributed by atoms with Crippen LogP contribution in [0.1, 0.15) is 87.1 Å². The van der Waals surface area contributed by atoms with E-state index < -0.39 is 24.9 Å². The van der Waals surface area contributed by atoms with Gasteiger partial charge in [-0.15, -0.1) is 0 Å². The Morgan fingerprint density at radius 2 is 1.73 bits per heavy atom. The zero-order valence-corrected chi connectivity index (χ0v) is 34.2. The molecule has 0 radical (unpaired) electrons. The maximum atomic E-state index is 15.3. The van der Waals surface area contributed by atoms with Gasteiger partial charge in [0.05, 0.1) is 49.4 Å². The first-order valence-corrected chi connectivity index (χ1v) is 20.8. The zero-order valence-electron chi connectivity index (χ0n) is 34.2. The summed E-state index contributed by atoms with van der Waals surface area (Å²) < 4.78 is 50.4. The van der Waals surface area contributed by atoms with Gasteiger partial charge in [0.25, 0.3) is 11.8 Å². The Balaban J connectivity index is 0.806. The van der Waals surface area contributed by atoms with Crippen LogP contribution in [0.3, 0.4) is 0 Å². The summed E-state index contributed by atoms with van der Waals surface area (Å²) in [5, 5.41) is 8.73. The molecule has 8 rings (SSSR count). The SMILES string of the molecule is COc1cc(C(=O)NC2CCN(C3CC4(CCN(c5ccc(C6CCC(=O)NC6=O)cc5F)CC4)C3)CC2)ccc1Nc1ncc2c(n1)N(C(C)C)CC(F)(F)CN2C. The molecule has 3 saturated heterocycles. The highest BCUT2D eigenvalue weighted by Crippen LogP contribution is 2.52. The quantitative estimate of drug-likeness (QED) is 0.225. The summed E-state index contributed by atoms with van der Waals surface area (Å²) in [6.07, 6.45) is 8.22. The van der Waals surface area contributed by atoms with Gasteiger partial charge in [0.1, 0.15) is 11.6 Å². The summed E-state index contributed by atoms with van der Waals surface area (Å²) in [5.41, 5.74) is 2.99. The van der Waals surface area contributed by atoms with Crippen molar-refractivity contribution in [2.75, 3.05) is 73.4 Å². The molecule has 5 aliphatic rings. The number of benzene rings is 2. The van der Waals surface area contributed by atoms with Crippen molar-refractivity contribution in [1.82, 2.24) is 25.5 Å². The molecule has 0 bridgehead atoms. The molecule has 1 atom stereocenters. The number of rotatable bonds is 9. The van der Waals surface area contributed by atoms with Crippen molar-refractivity contribution in [3.05, 3.63) is 59.5 Å². The lowest BCUT2D eigenvalue weighted by molar-refractivity contribution is -0.134. The number of fused-ring (bicyclic) bond motifs is 1. The van der Waals surface area contributed by atoms with Crippen LogP contribution in [-0.4, -0.2) is 110 Å². The number of anilines is 5. The summed E-state index contributed by atoms with van der Waals surface area (Å²) in [7, 11) is 3.13. The molecule has 16 heteroatoms. The van der Waals surface area contributed by atoms with Crippen LogP contribution in [0, 0.1) is 11.2 Å². The number of aromatic nitrogens is 2. The third-order valence-corrected chi connectivity index (χ3v) is 13.1. The van der Waals surface area contributed by atoms with Gasteiger partial charge in [-0.25, -0.2) is 18.2 Å². The molecule has 1 aliphatic carbocycles. The summed E-state index contributed by atoms with van der Waals surface area (Å²) >= 11 is 0. The number of methoxy groups -OCH3 is 1. The molecule has 2 aromatic carbocycles. The fourth-order valence-corrected chi connectivity index (χ4v) is 9.71. The van der Waals surface area contributed by atoms with E-state index in [1.807, 2.05) is 19.9 Å². The van der Waals surface area contributed by atoms with Crippen LogP contribution in [-0.2, 0) is 9.59 Å². The van der Waals surface area contributed by atoms with Crippen LogP contribution in [0.25, 0.3) is 0 Å². The Morgan fingerprint density at radius 3 is 2.41 bits per heavy atom. The van der Waals surface area contributed by atoms with Gasteiger partial charge in [0.15, 0.2) is 5.82 Å². The Hall–Kier alpha value is -5.12. The van der Waals surface area contributed by atoms with E-state index >= 15 is 4.39 Å². The van der Waals surface area contributed by atoms with Crippen molar-refractivity contribution in [3.8, 4) is 5.75 Å². The molecule has 13 nitrogen and oxygen atoms in total. The van der Waals surface area contributed by atoms with E-state index in [1.165, 1.54) is 18.1 Å². The highest BCUT2D eigenvalue weighted by molar-refractivity contribution is 6.01. The lowest BCUT2D eigenvalue weighted by atomic mass is 9.59. The topological polar surface area (TPSA) is 135 Å². The smallest absolute Gasteiger partial charge is 0.282 e. The van der Waals surface area contributed by atoms with Crippen molar-refractivity contribution in [3.63, 3.8) is 0 Å². The highest BCUT2D eigenvalue weighted by Gasteiger charge is 2.48. The van der Waals surface area contributed by atoms with E-state index in [0.717, 1.165) is 64.7 Å². The monoisotopic (exact) mass is 817 g/mol. The average Bonchev–Trinajstić information content (AvgIpc) is 3.29. The van der Waals surface area contributed by atoms with Gasteiger partial charge < -0.3 is 35.0 Å². The lowest BCUT2D eigenvalue weighted by Gasteiger charge is -2.56. The Labute approximate surface area is 343 Å². The third-order valence-electron chi connectivity index (χ3n) is 13.1. The molecular weight excluding hydrogens is 764 g/mol. The van der Waals surface area contributed by atoms with Crippen LogP contribution in [0.4, 0.5) is 42.0 Å². The molecule has 59 heavy (non-hydrogen) atoms. The summed E-state index contributed by atoms with van der Waals surface area (Å²) in [6, 6.07) is 10.6. The number of halogens is 3. The van der Waals surface area contributed by atoms with Gasteiger partial charge in [0.2, 0.25) is 17.8 Å². The molecule has 4 fully saturated rings. The first kappa shape index (κ1) is 40.7. The summed E-state index contributed by atoms with van der Waals surface area (Å²) in [5.74, 6) is -3.49. The molecule has 1 spiro atoms. The molecule has 4 aliphatic heterocycles. The predicted molar refractivity (Wildman–Crippen MR) is 219 cm³/mol. The summed E-state index contributed by atoms with van der Waals surface area (Å²) in [4.78, 5) is 54.1. The number of piperidine rings is 3.